The van der Waals surface area contributed by atoms with Gasteiger partial charge in [0.2, 0.25) is 5.91 Å². The summed E-state index contributed by atoms with van der Waals surface area (Å²) in [6, 6.07) is 7.66. The second-order valence-electron chi connectivity index (χ2n) is 6.56. The number of imidazole rings is 1. The third-order valence-corrected chi connectivity index (χ3v) is 4.06. The van der Waals surface area contributed by atoms with Crippen LogP contribution in [0.15, 0.2) is 30.5 Å². The highest BCUT2D eigenvalue weighted by atomic mass is 16.1. The van der Waals surface area contributed by atoms with Crippen LogP contribution in [0.2, 0.25) is 0 Å². The molecule has 0 fully saturated rings. The van der Waals surface area contributed by atoms with Gasteiger partial charge >= 0.3 is 0 Å². The minimum atomic E-state index is -0.525. The number of aromatic nitrogens is 5. The Balaban J connectivity index is 2.12. The van der Waals surface area contributed by atoms with Gasteiger partial charge in [0.05, 0.1) is 17.2 Å². The Morgan fingerprint density at radius 3 is 2.50 bits per heavy atom. The molecule has 1 aromatic carbocycles. The topological polar surface area (TPSA) is 91.6 Å². The third-order valence-electron chi connectivity index (χ3n) is 4.06. The van der Waals surface area contributed by atoms with E-state index < -0.39 is 11.9 Å². The van der Waals surface area contributed by atoms with Crippen molar-refractivity contribution in [2.24, 2.45) is 11.7 Å². The second-order valence-corrected chi connectivity index (χ2v) is 6.56. The van der Waals surface area contributed by atoms with Gasteiger partial charge in [0.1, 0.15) is 11.7 Å². The van der Waals surface area contributed by atoms with Gasteiger partial charge in [-0.2, -0.15) is 0 Å². The number of rotatable bonds is 5. The van der Waals surface area contributed by atoms with Crippen molar-refractivity contribution >= 4 is 16.9 Å². The van der Waals surface area contributed by atoms with Crippen LogP contribution in [0.3, 0.4) is 0 Å². The molecule has 3 aromatic rings. The molecule has 2 heterocycles. The van der Waals surface area contributed by atoms with Gasteiger partial charge in [0, 0.05) is 6.04 Å². The fourth-order valence-electron chi connectivity index (χ4n) is 3.03. The van der Waals surface area contributed by atoms with Crippen molar-refractivity contribution in [2.75, 3.05) is 0 Å². The molecule has 0 aliphatic heterocycles. The lowest BCUT2D eigenvalue weighted by atomic mass is 10.0. The largest absolute Gasteiger partial charge is 0.368 e. The quantitative estimate of drug-likeness (QED) is 0.780. The van der Waals surface area contributed by atoms with Crippen molar-refractivity contribution in [1.82, 2.24) is 24.5 Å². The second kappa shape index (κ2) is 6.07. The molecule has 24 heavy (non-hydrogen) atoms. The van der Waals surface area contributed by atoms with E-state index in [1.165, 1.54) is 4.68 Å². The van der Waals surface area contributed by atoms with Crippen molar-refractivity contribution in [3.05, 3.63) is 30.5 Å². The summed E-state index contributed by atoms with van der Waals surface area (Å²) in [5.74, 6) is 0.351. The van der Waals surface area contributed by atoms with E-state index >= 15 is 0 Å². The average Bonchev–Trinajstić information content (AvgIpc) is 3.10. The molecule has 2 aromatic heterocycles. The number of hydrogen-bond acceptors (Lipinski definition) is 4. The highest BCUT2D eigenvalue weighted by Crippen LogP contribution is 2.28. The van der Waals surface area contributed by atoms with Crippen LogP contribution in [0.4, 0.5) is 0 Å². The molecule has 2 N–H and O–H groups in total. The minimum absolute atomic E-state index is 0.0287. The van der Waals surface area contributed by atoms with Crippen molar-refractivity contribution in [3.63, 3.8) is 0 Å². The fourth-order valence-corrected chi connectivity index (χ4v) is 3.03. The van der Waals surface area contributed by atoms with Crippen molar-refractivity contribution in [1.29, 1.82) is 0 Å². The Morgan fingerprint density at radius 1 is 1.17 bits per heavy atom. The summed E-state index contributed by atoms with van der Waals surface area (Å²) in [6.07, 6.45) is 1.75. The van der Waals surface area contributed by atoms with Crippen molar-refractivity contribution in [2.45, 2.75) is 39.8 Å². The Morgan fingerprint density at radius 2 is 1.88 bits per heavy atom. The average molecular weight is 326 g/mol. The lowest BCUT2D eigenvalue weighted by Gasteiger charge is -2.16. The van der Waals surface area contributed by atoms with Crippen LogP contribution in [0.1, 0.15) is 39.8 Å². The standard InChI is InChI=1S/C17H22N6O/c1-10(2)15(16(18)24)22-9-13(20-21-22)17-19-12-7-5-6-8-14(12)23(17)11(3)4/h5-11,15H,1-4H3,(H2,18,24)/t15-/m0/s1. The van der Waals surface area contributed by atoms with E-state index in [-0.39, 0.29) is 12.0 Å². The van der Waals surface area contributed by atoms with Crippen LogP contribution in [-0.4, -0.2) is 30.5 Å². The molecular weight excluding hydrogens is 304 g/mol. The van der Waals surface area contributed by atoms with E-state index in [2.05, 4.69) is 28.7 Å². The lowest BCUT2D eigenvalue weighted by molar-refractivity contribution is -0.122. The Labute approximate surface area is 140 Å². The Kier molecular flexibility index (Phi) is 4.09. The van der Waals surface area contributed by atoms with Crippen molar-refractivity contribution in [3.8, 4) is 11.5 Å². The first-order chi connectivity index (χ1) is 11.4. The van der Waals surface area contributed by atoms with Crippen LogP contribution < -0.4 is 5.73 Å². The van der Waals surface area contributed by atoms with E-state index in [9.17, 15) is 4.79 Å². The zero-order chi connectivity index (χ0) is 17.4. The number of nitrogens with zero attached hydrogens (tertiary/aromatic N) is 5. The molecule has 1 amide bonds. The first-order valence-corrected chi connectivity index (χ1v) is 8.08. The number of fused-ring (bicyclic) bond motifs is 1. The summed E-state index contributed by atoms with van der Waals surface area (Å²) in [5.41, 5.74) is 8.10. The highest BCUT2D eigenvalue weighted by molar-refractivity contribution is 5.80. The van der Waals surface area contributed by atoms with Crippen LogP contribution in [0.25, 0.3) is 22.6 Å². The molecule has 0 bridgehead atoms. The number of hydrogen-bond donors (Lipinski definition) is 1. The van der Waals surface area contributed by atoms with Crippen LogP contribution in [0.5, 0.6) is 0 Å². The molecule has 126 valence electrons. The molecule has 0 unspecified atom stereocenters. The van der Waals surface area contributed by atoms with Gasteiger partial charge in [-0.3, -0.25) is 4.79 Å². The van der Waals surface area contributed by atoms with E-state index in [0.717, 1.165) is 16.9 Å². The number of benzene rings is 1. The number of primary amides is 1. The molecule has 0 aliphatic carbocycles. The van der Waals surface area contributed by atoms with Crippen LogP contribution in [-0.2, 0) is 4.79 Å². The van der Waals surface area contributed by atoms with Crippen LogP contribution >= 0.6 is 0 Å². The molecule has 0 radical (unpaired) electrons. The summed E-state index contributed by atoms with van der Waals surface area (Å²) in [6.45, 7) is 8.06. The molecule has 7 nitrogen and oxygen atoms in total. The van der Waals surface area contributed by atoms with E-state index in [1.807, 2.05) is 38.1 Å². The molecule has 3 rings (SSSR count). The minimum Gasteiger partial charge on any atom is -0.368 e. The fraction of sp³-hybridized carbons (Fsp3) is 0.412. The summed E-state index contributed by atoms with van der Waals surface area (Å²) >= 11 is 0. The highest BCUT2D eigenvalue weighted by Gasteiger charge is 2.25. The number of amides is 1. The monoisotopic (exact) mass is 326 g/mol. The molecule has 0 aliphatic rings. The summed E-state index contributed by atoms with van der Waals surface area (Å²) in [7, 11) is 0. The zero-order valence-corrected chi connectivity index (χ0v) is 14.3. The predicted octanol–water partition coefficient (Wildman–Crippen LogP) is 2.56. The van der Waals surface area contributed by atoms with E-state index in [1.54, 1.807) is 6.20 Å². The summed E-state index contributed by atoms with van der Waals surface area (Å²) in [4.78, 5) is 16.4. The maximum absolute atomic E-state index is 11.7. The number of nitrogens with two attached hydrogens (primary N) is 1. The smallest absolute Gasteiger partial charge is 0.242 e. The molecular formula is C17H22N6O. The summed E-state index contributed by atoms with van der Waals surface area (Å²) < 4.78 is 3.66. The number of para-hydroxylation sites is 2. The summed E-state index contributed by atoms with van der Waals surface area (Å²) in [5, 5.41) is 8.35. The number of carbonyl (C=O) groups is 1. The van der Waals surface area contributed by atoms with Gasteiger partial charge in [-0.05, 0) is 31.9 Å². The maximum Gasteiger partial charge on any atom is 0.242 e. The Hall–Kier alpha value is -2.70. The molecule has 0 spiro atoms. The third kappa shape index (κ3) is 2.66. The van der Waals surface area contributed by atoms with Gasteiger partial charge in [-0.15, -0.1) is 5.10 Å². The predicted molar refractivity (Wildman–Crippen MR) is 92.2 cm³/mol. The number of carbonyl (C=O) groups excluding carboxylic acids is 1. The first-order valence-electron chi connectivity index (χ1n) is 8.08. The van der Waals surface area contributed by atoms with Gasteiger partial charge in [0.25, 0.3) is 0 Å². The van der Waals surface area contributed by atoms with Crippen molar-refractivity contribution < 1.29 is 4.79 Å². The van der Waals surface area contributed by atoms with Gasteiger partial charge in [-0.1, -0.05) is 31.2 Å². The molecule has 1 atom stereocenters. The molecule has 0 saturated carbocycles. The van der Waals surface area contributed by atoms with Crippen LogP contribution in [0, 0.1) is 5.92 Å². The van der Waals surface area contributed by atoms with E-state index in [4.69, 9.17) is 10.7 Å². The first kappa shape index (κ1) is 16.2. The normalized spacial score (nSPS) is 13.1. The van der Waals surface area contributed by atoms with Gasteiger partial charge in [-0.25, -0.2) is 9.67 Å². The maximum atomic E-state index is 11.7. The van der Waals surface area contributed by atoms with Gasteiger partial charge < -0.3 is 10.3 Å². The molecule has 0 saturated heterocycles. The van der Waals surface area contributed by atoms with E-state index in [0.29, 0.717) is 5.69 Å². The lowest BCUT2D eigenvalue weighted by Crippen LogP contribution is -2.30. The van der Waals surface area contributed by atoms with Gasteiger partial charge in [0.15, 0.2) is 5.82 Å². The Bertz CT molecular complexity index is 876. The zero-order valence-electron chi connectivity index (χ0n) is 14.3. The molecule has 7 heteroatoms. The SMILES string of the molecule is CC(C)[C@@H](C(N)=O)n1cc(-c2nc3ccccc3n2C(C)C)nn1.